The largest absolute Gasteiger partial charge is 0.288 e. The van der Waals surface area contributed by atoms with Crippen LogP contribution >= 0.6 is 0 Å². The molecule has 4 atom stereocenters. The van der Waals surface area contributed by atoms with Gasteiger partial charge in [-0.1, -0.05) is 13.3 Å². The van der Waals surface area contributed by atoms with Gasteiger partial charge < -0.3 is 0 Å². The Hall–Kier alpha value is -0.0800. The maximum absolute atomic E-state index is 2.61. The summed E-state index contributed by atoms with van der Waals surface area (Å²) in [7, 11) is 4.59. The van der Waals surface area contributed by atoms with E-state index in [4.69, 9.17) is 0 Å². The SMILES string of the molecule is CCCC(C)N(C)C(C)N(C)C1(C)C2CC21. The Bertz CT molecular complexity index is 255. The zero-order valence-electron chi connectivity index (χ0n) is 11.8. The fraction of sp³-hybridized carbons (Fsp3) is 1.00. The van der Waals surface area contributed by atoms with Crippen molar-refractivity contribution in [1.29, 1.82) is 0 Å². The third-order valence-corrected chi connectivity index (χ3v) is 5.49. The van der Waals surface area contributed by atoms with E-state index in [1.54, 1.807) is 0 Å². The van der Waals surface area contributed by atoms with Gasteiger partial charge in [0.25, 0.3) is 0 Å². The summed E-state index contributed by atoms with van der Waals surface area (Å²) in [6.07, 6.45) is 4.64. The summed E-state index contributed by atoms with van der Waals surface area (Å²) in [5, 5.41) is 0. The first-order chi connectivity index (χ1) is 7.44. The Kier molecular flexibility index (Phi) is 3.09. The first kappa shape index (κ1) is 12.4. The number of fused-ring (bicyclic) bond motifs is 1. The highest BCUT2D eigenvalue weighted by molar-refractivity contribution is 5.28. The van der Waals surface area contributed by atoms with Crippen LogP contribution in [0, 0.1) is 11.8 Å². The predicted molar refractivity (Wildman–Crippen MR) is 69.4 cm³/mol. The van der Waals surface area contributed by atoms with E-state index in [9.17, 15) is 0 Å². The summed E-state index contributed by atoms with van der Waals surface area (Å²) in [5.74, 6) is 2.05. The molecule has 2 aliphatic carbocycles. The first-order valence-corrected chi connectivity index (χ1v) is 6.89. The number of hydrogen-bond donors (Lipinski definition) is 0. The van der Waals surface area contributed by atoms with Crippen LogP contribution in [0.25, 0.3) is 0 Å². The van der Waals surface area contributed by atoms with Gasteiger partial charge in [0, 0.05) is 11.6 Å². The zero-order valence-corrected chi connectivity index (χ0v) is 11.8. The third kappa shape index (κ3) is 1.70. The molecule has 0 aliphatic heterocycles. The van der Waals surface area contributed by atoms with Crippen LogP contribution in [0.4, 0.5) is 0 Å². The Labute approximate surface area is 101 Å². The lowest BCUT2D eigenvalue weighted by Gasteiger charge is -2.42. The van der Waals surface area contributed by atoms with Crippen molar-refractivity contribution in [3.63, 3.8) is 0 Å². The van der Waals surface area contributed by atoms with Gasteiger partial charge in [-0.2, -0.15) is 0 Å². The number of hydrogen-bond acceptors (Lipinski definition) is 2. The number of rotatable bonds is 6. The van der Waals surface area contributed by atoms with Gasteiger partial charge in [0.2, 0.25) is 0 Å². The van der Waals surface area contributed by atoms with E-state index in [-0.39, 0.29) is 0 Å². The molecule has 0 aromatic carbocycles. The number of nitrogens with zero attached hydrogens (tertiary/aromatic N) is 2. The van der Waals surface area contributed by atoms with Crippen molar-refractivity contribution >= 4 is 0 Å². The molecule has 2 saturated carbocycles. The van der Waals surface area contributed by atoms with E-state index >= 15 is 0 Å². The fourth-order valence-electron chi connectivity index (χ4n) is 3.38. The smallest absolute Gasteiger partial charge is 0.0595 e. The van der Waals surface area contributed by atoms with Crippen LogP contribution in [0.15, 0.2) is 0 Å². The molecule has 0 aromatic heterocycles. The summed E-state index contributed by atoms with van der Waals surface area (Å²) in [6, 6.07) is 0.695. The van der Waals surface area contributed by atoms with Gasteiger partial charge in [-0.15, -0.1) is 0 Å². The van der Waals surface area contributed by atoms with Gasteiger partial charge in [0.1, 0.15) is 0 Å². The van der Waals surface area contributed by atoms with Crippen LogP contribution < -0.4 is 0 Å². The highest BCUT2D eigenvalue weighted by Crippen LogP contribution is 2.73. The predicted octanol–water partition coefficient (Wildman–Crippen LogP) is 2.79. The standard InChI is InChI=1S/C14H28N2/c1-7-8-10(2)15(5)11(3)16(6)14(4)12-9-13(12)14/h10-13H,7-9H2,1-6H3. The quantitative estimate of drug-likeness (QED) is 0.640. The van der Waals surface area contributed by atoms with Crippen molar-refractivity contribution in [2.24, 2.45) is 11.8 Å². The maximum Gasteiger partial charge on any atom is 0.0595 e. The lowest BCUT2D eigenvalue weighted by atomic mass is 10.1. The van der Waals surface area contributed by atoms with Crippen LogP contribution in [0.5, 0.6) is 0 Å². The van der Waals surface area contributed by atoms with Gasteiger partial charge in [-0.25, -0.2) is 0 Å². The molecule has 0 saturated heterocycles. The molecular formula is C14H28N2. The van der Waals surface area contributed by atoms with Crippen molar-refractivity contribution in [2.45, 2.75) is 64.7 Å². The van der Waals surface area contributed by atoms with Crippen LogP contribution in [-0.4, -0.2) is 41.6 Å². The Morgan fingerprint density at radius 1 is 1.25 bits per heavy atom. The zero-order chi connectivity index (χ0) is 12.1. The summed E-state index contributed by atoms with van der Waals surface area (Å²) in [6.45, 7) is 9.43. The highest BCUT2D eigenvalue weighted by atomic mass is 15.4. The van der Waals surface area contributed by atoms with E-state index in [0.717, 1.165) is 11.8 Å². The molecule has 0 bridgehead atoms. The summed E-state index contributed by atoms with van der Waals surface area (Å²) in [4.78, 5) is 5.14. The van der Waals surface area contributed by atoms with Crippen LogP contribution in [0.1, 0.15) is 47.0 Å². The minimum absolute atomic E-state index is 0.541. The molecule has 2 aliphatic rings. The molecule has 4 unspecified atom stereocenters. The summed E-state index contributed by atoms with van der Waals surface area (Å²) >= 11 is 0. The van der Waals surface area contributed by atoms with Crippen LogP contribution in [0.3, 0.4) is 0 Å². The molecule has 2 rings (SSSR count). The van der Waals surface area contributed by atoms with Crippen LogP contribution in [-0.2, 0) is 0 Å². The van der Waals surface area contributed by atoms with E-state index in [0.29, 0.717) is 17.7 Å². The molecule has 0 N–H and O–H groups in total. The molecule has 0 spiro atoms. The van der Waals surface area contributed by atoms with Crippen LogP contribution in [0.2, 0.25) is 0 Å². The van der Waals surface area contributed by atoms with Crippen molar-refractivity contribution < 1.29 is 0 Å². The topological polar surface area (TPSA) is 6.48 Å². The van der Waals surface area contributed by atoms with E-state index in [1.807, 2.05) is 0 Å². The fourth-order valence-corrected chi connectivity index (χ4v) is 3.38. The normalized spacial score (nSPS) is 39.8. The highest BCUT2D eigenvalue weighted by Gasteiger charge is 2.75. The Morgan fingerprint density at radius 2 is 1.81 bits per heavy atom. The van der Waals surface area contributed by atoms with Crippen molar-refractivity contribution in [1.82, 2.24) is 9.80 Å². The molecule has 0 heterocycles. The molecule has 94 valence electrons. The summed E-state index contributed by atoms with van der Waals surface area (Å²) < 4.78 is 0. The molecule has 0 aromatic rings. The second-order valence-corrected chi connectivity index (χ2v) is 6.22. The minimum atomic E-state index is 0.541. The molecule has 2 fully saturated rings. The van der Waals surface area contributed by atoms with Gasteiger partial charge in [0.05, 0.1) is 6.17 Å². The average molecular weight is 224 g/mol. The van der Waals surface area contributed by atoms with Gasteiger partial charge in [0.15, 0.2) is 0 Å². The van der Waals surface area contributed by atoms with Gasteiger partial charge in [-0.3, -0.25) is 9.80 Å². The Balaban J connectivity index is 1.88. The van der Waals surface area contributed by atoms with Gasteiger partial charge >= 0.3 is 0 Å². The molecule has 16 heavy (non-hydrogen) atoms. The minimum Gasteiger partial charge on any atom is -0.288 e. The van der Waals surface area contributed by atoms with Crippen molar-refractivity contribution in [3.8, 4) is 0 Å². The lowest BCUT2D eigenvalue weighted by Crippen LogP contribution is -2.52. The first-order valence-electron chi connectivity index (χ1n) is 6.89. The van der Waals surface area contributed by atoms with Crippen molar-refractivity contribution in [3.05, 3.63) is 0 Å². The average Bonchev–Trinajstić information content (AvgIpc) is 3.14. The maximum atomic E-state index is 2.61. The lowest BCUT2D eigenvalue weighted by molar-refractivity contribution is 0.0134. The Morgan fingerprint density at radius 3 is 2.19 bits per heavy atom. The van der Waals surface area contributed by atoms with E-state index in [1.165, 1.54) is 19.3 Å². The molecule has 2 nitrogen and oxygen atoms in total. The molecular weight excluding hydrogens is 196 g/mol. The molecule has 0 radical (unpaired) electrons. The van der Waals surface area contributed by atoms with E-state index < -0.39 is 0 Å². The third-order valence-electron chi connectivity index (χ3n) is 5.49. The monoisotopic (exact) mass is 224 g/mol. The molecule has 0 amide bonds. The summed E-state index contributed by atoms with van der Waals surface area (Å²) in [5.41, 5.74) is 0.541. The second-order valence-electron chi connectivity index (χ2n) is 6.22. The second kappa shape index (κ2) is 3.99. The van der Waals surface area contributed by atoms with Gasteiger partial charge in [-0.05, 0) is 59.5 Å². The van der Waals surface area contributed by atoms with Crippen molar-refractivity contribution in [2.75, 3.05) is 14.1 Å². The molecule has 2 heteroatoms. The van der Waals surface area contributed by atoms with E-state index in [2.05, 4.69) is 51.6 Å².